The zero-order valence-corrected chi connectivity index (χ0v) is 12.2. The molecule has 0 radical (unpaired) electrons. The van der Waals surface area contributed by atoms with Crippen molar-refractivity contribution in [3.8, 4) is 5.75 Å². The van der Waals surface area contributed by atoms with Crippen molar-refractivity contribution in [2.45, 2.75) is 13.8 Å². The molecule has 0 heterocycles. The lowest BCUT2D eigenvalue weighted by atomic mass is 9.92. The molecular weight excluding hydrogens is 314 g/mol. The minimum absolute atomic E-state index is 0.0211. The number of carbonyl (C=O) groups is 1. The van der Waals surface area contributed by atoms with E-state index in [4.69, 9.17) is 10.9 Å². The second-order valence-electron chi connectivity index (χ2n) is 4.71. The molecule has 0 unspecified atom stereocenters. The van der Waals surface area contributed by atoms with Crippen LogP contribution in [-0.4, -0.2) is 28.6 Å². The van der Waals surface area contributed by atoms with Gasteiger partial charge in [0.25, 0.3) is 5.91 Å². The number of hydrogen-bond donors (Lipinski definition) is 4. The van der Waals surface area contributed by atoms with Crippen molar-refractivity contribution < 1.29 is 15.1 Å². The number of rotatable bonds is 4. The second kappa shape index (κ2) is 5.92. The van der Waals surface area contributed by atoms with Gasteiger partial charge in [0.05, 0.1) is 5.56 Å². The van der Waals surface area contributed by atoms with E-state index >= 15 is 0 Å². The summed E-state index contributed by atoms with van der Waals surface area (Å²) in [4.78, 5) is 11.9. The summed E-state index contributed by atoms with van der Waals surface area (Å²) in [5.74, 6) is -0.523. The molecule has 0 bridgehead atoms. The maximum atomic E-state index is 11.9. The van der Waals surface area contributed by atoms with Gasteiger partial charge in [0, 0.05) is 16.4 Å². The first-order chi connectivity index (χ1) is 8.77. The summed E-state index contributed by atoms with van der Waals surface area (Å²) in [7, 11) is 0. The quantitative estimate of drug-likeness (QED) is 0.291. The number of aromatic hydroxyl groups is 1. The summed E-state index contributed by atoms with van der Waals surface area (Å²) in [5, 5.41) is 23.9. The molecular formula is C12H16BrN3O3. The number of nitrogens with one attached hydrogen (secondary N) is 1. The summed E-state index contributed by atoms with van der Waals surface area (Å²) in [6.45, 7) is 3.63. The Balaban J connectivity index is 2.76. The summed E-state index contributed by atoms with van der Waals surface area (Å²) < 4.78 is 0.679. The van der Waals surface area contributed by atoms with Crippen LogP contribution in [0.5, 0.6) is 5.75 Å². The van der Waals surface area contributed by atoms with Crippen molar-refractivity contribution in [2.24, 2.45) is 16.3 Å². The van der Waals surface area contributed by atoms with E-state index in [1.165, 1.54) is 12.1 Å². The molecule has 0 spiro atoms. The third-order valence-electron chi connectivity index (χ3n) is 2.70. The molecule has 6 nitrogen and oxygen atoms in total. The number of nitrogens with two attached hydrogens (primary N) is 1. The highest BCUT2D eigenvalue weighted by Crippen LogP contribution is 2.22. The topological polar surface area (TPSA) is 108 Å². The van der Waals surface area contributed by atoms with Gasteiger partial charge in [-0.25, -0.2) is 0 Å². The van der Waals surface area contributed by atoms with Gasteiger partial charge in [0.15, 0.2) is 0 Å². The first-order valence-electron chi connectivity index (χ1n) is 5.52. The molecule has 0 atom stereocenters. The highest BCUT2D eigenvalue weighted by molar-refractivity contribution is 9.10. The van der Waals surface area contributed by atoms with Gasteiger partial charge in [0.1, 0.15) is 11.6 Å². The van der Waals surface area contributed by atoms with E-state index in [1.54, 1.807) is 19.9 Å². The number of halogens is 1. The van der Waals surface area contributed by atoms with Crippen LogP contribution in [0, 0.1) is 5.41 Å². The number of amidine groups is 1. The Bertz CT molecular complexity index is 515. The predicted octanol–water partition coefficient (Wildman–Crippen LogP) is 1.66. The largest absolute Gasteiger partial charge is 0.507 e. The molecule has 1 aromatic carbocycles. The van der Waals surface area contributed by atoms with Crippen molar-refractivity contribution >= 4 is 27.7 Å². The molecule has 0 saturated carbocycles. The maximum absolute atomic E-state index is 11.9. The minimum Gasteiger partial charge on any atom is -0.507 e. The molecule has 7 heteroatoms. The van der Waals surface area contributed by atoms with Gasteiger partial charge < -0.3 is 21.4 Å². The van der Waals surface area contributed by atoms with E-state index in [9.17, 15) is 9.90 Å². The first-order valence-corrected chi connectivity index (χ1v) is 6.32. The lowest BCUT2D eigenvalue weighted by Crippen LogP contribution is -2.42. The molecule has 0 saturated heterocycles. The molecule has 0 aliphatic rings. The van der Waals surface area contributed by atoms with Crippen molar-refractivity contribution in [3.05, 3.63) is 28.2 Å². The molecule has 104 valence electrons. The minimum atomic E-state index is -0.685. The molecule has 0 aliphatic carbocycles. The average molecular weight is 330 g/mol. The van der Waals surface area contributed by atoms with Gasteiger partial charge in [-0.05, 0) is 18.2 Å². The van der Waals surface area contributed by atoms with E-state index in [0.717, 1.165) is 0 Å². The third-order valence-corrected chi connectivity index (χ3v) is 3.19. The summed E-state index contributed by atoms with van der Waals surface area (Å²) in [6.07, 6.45) is 0. The average Bonchev–Trinajstić information content (AvgIpc) is 2.35. The smallest absolute Gasteiger partial charge is 0.255 e. The zero-order chi connectivity index (χ0) is 14.6. The Morgan fingerprint density at radius 3 is 2.68 bits per heavy atom. The van der Waals surface area contributed by atoms with Crippen LogP contribution >= 0.6 is 15.9 Å². The van der Waals surface area contributed by atoms with E-state index in [1.807, 2.05) is 0 Å². The van der Waals surface area contributed by atoms with E-state index in [-0.39, 0.29) is 23.7 Å². The fourth-order valence-corrected chi connectivity index (χ4v) is 1.67. The van der Waals surface area contributed by atoms with Gasteiger partial charge >= 0.3 is 0 Å². The Labute approximate surface area is 119 Å². The van der Waals surface area contributed by atoms with Gasteiger partial charge in [-0.1, -0.05) is 34.9 Å². The highest BCUT2D eigenvalue weighted by atomic mass is 79.9. The normalized spacial score (nSPS) is 12.3. The zero-order valence-electron chi connectivity index (χ0n) is 10.6. The molecule has 1 aromatic rings. The number of phenolic OH excluding ortho intramolecular Hbond substituents is 1. The van der Waals surface area contributed by atoms with Gasteiger partial charge in [-0.15, -0.1) is 0 Å². The van der Waals surface area contributed by atoms with Crippen LogP contribution in [0.1, 0.15) is 24.2 Å². The van der Waals surface area contributed by atoms with Gasteiger partial charge in [-0.3, -0.25) is 4.79 Å². The molecule has 19 heavy (non-hydrogen) atoms. The van der Waals surface area contributed by atoms with Crippen LogP contribution in [-0.2, 0) is 0 Å². The van der Waals surface area contributed by atoms with Crippen LogP contribution in [0.4, 0.5) is 0 Å². The van der Waals surface area contributed by atoms with Gasteiger partial charge in [0.2, 0.25) is 0 Å². The highest BCUT2D eigenvalue weighted by Gasteiger charge is 2.25. The summed E-state index contributed by atoms with van der Waals surface area (Å²) in [5.41, 5.74) is 5.00. The Morgan fingerprint density at radius 1 is 1.53 bits per heavy atom. The molecule has 0 fully saturated rings. The molecule has 0 aromatic heterocycles. The van der Waals surface area contributed by atoms with Gasteiger partial charge in [-0.2, -0.15) is 0 Å². The lowest BCUT2D eigenvalue weighted by molar-refractivity contribution is 0.0941. The third kappa shape index (κ3) is 3.85. The van der Waals surface area contributed by atoms with E-state index < -0.39 is 11.3 Å². The van der Waals surface area contributed by atoms with Crippen molar-refractivity contribution in [3.63, 3.8) is 0 Å². The number of nitrogens with zero attached hydrogens (tertiary/aromatic N) is 1. The van der Waals surface area contributed by atoms with Crippen molar-refractivity contribution in [2.75, 3.05) is 6.54 Å². The summed E-state index contributed by atoms with van der Waals surface area (Å²) in [6, 6.07) is 4.60. The van der Waals surface area contributed by atoms with Crippen LogP contribution in [0.2, 0.25) is 0 Å². The number of phenols is 1. The van der Waals surface area contributed by atoms with E-state index in [2.05, 4.69) is 26.4 Å². The van der Waals surface area contributed by atoms with Crippen LogP contribution in [0.25, 0.3) is 0 Å². The Hall–Kier alpha value is -1.76. The number of carbonyl (C=O) groups excluding carboxylic acids is 1. The molecule has 0 aliphatic heterocycles. The first kappa shape index (κ1) is 15.3. The fourth-order valence-electron chi connectivity index (χ4n) is 1.32. The fraction of sp³-hybridized carbons (Fsp3) is 0.333. The second-order valence-corrected chi connectivity index (χ2v) is 5.63. The Morgan fingerprint density at radius 2 is 2.16 bits per heavy atom. The number of oxime groups is 1. The van der Waals surface area contributed by atoms with Crippen LogP contribution in [0.3, 0.4) is 0 Å². The predicted molar refractivity (Wildman–Crippen MR) is 75.3 cm³/mol. The molecule has 1 amide bonds. The Kier molecular flexibility index (Phi) is 4.77. The summed E-state index contributed by atoms with van der Waals surface area (Å²) >= 11 is 3.19. The van der Waals surface area contributed by atoms with Crippen molar-refractivity contribution in [1.82, 2.24) is 5.32 Å². The monoisotopic (exact) mass is 329 g/mol. The van der Waals surface area contributed by atoms with Crippen molar-refractivity contribution in [1.29, 1.82) is 0 Å². The lowest BCUT2D eigenvalue weighted by Gasteiger charge is -2.23. The SMILES string of the molecule is CC(C)(CNC(=O)c1ccc(Br)cc1O)/C(N)=N/O. The maximum Gasteiger partial charge on any atom is 0.255 e. The number of benzene rings is 1. The molecule has 1 rings (SSSR count). The molecule has 5 N–H and O–H groups in total. The number of amides is 1. The van der Waals surface area contributed by atoms with Crippen LogP contribution in [0.15, 0.2) is 27.8 Å². The number of hydrogen-bond acceptors (Lipinski definition) is 4. The van der Waals surface area contributed by atoms with Crippen LogP contribution < -0.4 is 11.1 Å². The van der Waals surface area contributed by atoms with E-state index in [0.29, 0.717) is 4.47 Å². The standard InChI is InChI=1S/C12H16BrN3O3/c1-12(2,11(14)16-19)6-15-10(18)8-4-3-7(13)5-9(8)17/h3-5,17,19H,6H2,1-2H3,(H2,14,16)(H,15,18).